The van der Waals surface area contributed by atoms with Crippen LogP contribution in [0.3, 0.4) is 0 Å². The van der Waals surface area contributed by atoms with E-state index >= 15 is 0 Å². The van der Waals surface area contributed by atoms with E-state index in [1.807, 2.05) is 0 Å². The molecule has 0 heterocycles. The summed E-state index contributed by atoms with van der Waals surface area (Å²) in [6.07, 6.45) is -0.00156. The molecule has 0 aliphatic carbocycles. The molecule has 0 N–H and O–H groups in total. The minimum Gasteiger partial charge on any atom is -0.299 e. The summed E-state index contributed by atoms with van der Waals surface area (Å²) in [6.45, 7) is 0. The molecule has 4 aromatic carbocycles. The topological polar surface area (TPSA) is 103 Å². The van der Waals surface area contributed by atoms with Gasteiger partial charge in [0.1, 0.15) is 5.78 Å². The molecular formula is C23H16N2O5. The Morgan fingerprint density at radius 2 is 1.00 bits per heavy atom. The van der Waals surface area contributed by atoms with E-state index in [4.69, 9.17) is 0 Å². The molecule has 148 valence electrons. The molecule has 0 aliphatic heterocycles. The van der Waals surface area contributed by atoms with Gasteiger partial charge in [-0.15, -0.1) is 0 Å². The summed E-state index contributed by atoms with van der Waals surface area (Å²) in [5, 5.41) is 25.2. The second-order valence-corrected chi connectivity index (χ2v) is 6.99. The molecule has 0 radical (unpaired) electrons. The lowest BCUT2D eigenvalue weighted by atomic mass is 9.94. The van der Waals surface area contributed by atoms with Crippen molar-refractivity contribution in [1.29, 1.82) is 0 Å². The van der Waals surface area contributed by atoms with Gasteiger partial charge in [0.15, 0.2) is 0 Å². The van der Waals surface area contributed by atoms with Crippen LogP contribution in [0.1, 0.15) is 11.1 Å². The van der Waals surface area contributed by atoms with Crippen molar-refractivity contribution in [2.45, 2.75) is 12.8 Å². The zero-order chi connectivity index (χ0) is 21.3. The Balaban J connectivity index is 1.72. The average Bonchev–Trinajstić information content (AvgIpc) is 2.73. The van der Waals surface area contributed by atoms with Crippen molar-refractivity contribution >= 4 is 38.7 Å². The van der Waals surface area contributed by atoms with Crippen LogP contribution in [0.5, 0.6) is 0 Å². The van der Waals surface area contributed by atoms with E-state index < -0.39 is 9.85 Å². The van der Waals surface area contributed by atoms with Crippen molar-refractivity contribution in [2.24, 2.45) is 0 Å². The smallest absolute Gasteiger partial charge is 0.277 e. The van der Waals surface area contributed by atoms with Crippen LogP contribution in [0.2, 0.25) is 0 Å². The minimum atomic E-state index is -0.454. The van der Waals surface area contributed by atoms with Crippen LogP contribution in [0, 0.1) is 20.2 Å². The number of non-ortho nitro benzene ring substituents is 2. The molecule has 0 spiro atoms. The summed E-state index contributed by atoms with van der Waals surface area (Å²) in [5.74, 6) is -0.175. The predicted molar refractivity (Wildman–Crippen MR) is 114 cm³/mol. The predicted octanol–water partition coefficient (Wildman–Crippen LogP) is 5.16. The number of hydrogen-bond donors (Lipinski definition) is 0. The van der Waals surface area contributed by atoms with Crippen LogP contribution in [0.4, 0.5) is 11.4 Å². The highest BCUT2D eigenvalue weighted by molar-refractivity contribution is 5.99. The highest BCUT2D eigenvalue weighted by atomic mass is 16.6. The van der Waals surface area contributed by atoms with Crippen LogP contribution in [0.25, 0.3) is 21.5 Å². The molecular weight excluding hydrogens is 384 g/mol. The third-order valence-corrected chi connectivity index (χ3v) is 5.11. The first-order valence-electron chi connectivity index (χ1n) is 9.27. The summed E-state index contributed by atoms with van der Waals surface area (Å²) >= 11 is 0. The lowest BCUT2D eigenvalue weighted by Crippen LogP contribution is -2.08. The van der Waals surface area contributed by atoms with E-state index in [2.05, 4.69) is 0 Å². The lowest BCUT2D eigenvalue weighted by molar-refractivity contribution is -0.383. The van der Waals surface area contributed by atoms with Gasteiger partial charge in [0.05, 0.1) is 20.6 Å². The molecule has 0 bridgehead atoms. The maximum absolute atomic E-state index is 12.9. The fraction of sp³-hybridized carbons (Fsp3) is 0.0870. The number of carbonyl (C=O) groups excluding carboxylic acids is 1. The number of ketones is 1. The normalized spacial score (nSPS) is 10.9. The van der Waals surface area contributed by atoms with Crippen molar-refractivity contribution in [3.63, 3.8) is 0 Å². The molecule has 0 fully saturated rings. The lowest BCUT2D eigenvalue weighted by Gasteiger charge is -2.09. The van der Waals surface area contributed by atoms with Gasteiger partial charge in [-0.1, -0.05) is 60.7 Å². The Labute approximate surface area is 170 Å². The number of benzene rings is 4. The van der Waals surface area contributed by atoms with E-state index in [0.29, 0.717) is 32.7 Å². The fourth-order valence-electron chi connectivity index (χ4n) is 3.88. The highest BCUT2D eigenvalue weighted by Gasteiger charge is 2.19. The number of fused-ring (bicyclic) bond motifs is 2. The van der Waals surface area contributed by atoms with E-state index in [0.717, 1.165) is 0 Å². The third-order valence-electron chi connectivity index (χ3n) is 5.11. The number of nitro benzene ring substituents is 2. The summed E-state index contributed by atoms with van der Waals surface area (Å²) in [4.78, 5) is 34.9. The van der Waals surface area contributed by atoms with Crippen LogP contribution in [-0.2, 0) is 17.6 Å². The molecule has 0 aliphatic rings. The van der Waals surface area contributed by atoms with E-state index in [1.54, 1.807) is 60.7 Å². The van der Waals surface area contributed by atoms with Crippen molar-refractivity contribution in [2.75, 3.05) is 0 Å². The molecule has 0 unspecified atom stereocenters. The molecule has 4 rings (SSSR count). The molecule has 7 nitrogen and oxygen atoms in total. The Bertz CT molecular complexity index is 1220. The van der Waals surface area contributed by atoms with E-state index in [-0.39, 0.29) is 30.0 Å². The Hall–Kier alpha value is -4.13. The first-order chi connectivity index (χ1) is 14.5. The zero-order valence-corrected chi connectivity index (χ0v) is 15.8. The van der Waals surface area contributed by atoms with Gasteiger partial charge in [0.2, 0.25) is 0 Å². The number of nitro groups is 2. The van der Waals surface area contributed by atoms with Gasteiger partial charge in [-0.2, -0.15) is 0 Å². The second-order valence-electron chi connectivity index (χ2n) is 6.99. The molecule has 0 atom stereocenters. The van der Waals surface area contributed by atoms with Gasteiger partial charge in [0, 0.05) is 25.0 Å². The van der Waals surface area contributed by atoms with Crippen LogP contribution in [-0.4, -0.2) is 15.6 Å². The van der Waals surface area contributed by atoms with Crippen molar-refractivity contribution in [3.8, 4) is 0 Å². The summed E-state index contributed by atoms with van der Waals surface area (Å²) in [5.41, 5.74) is 1.05. The molecule has 0 saturated heterocycles. The largest absolute Gasteiger partial charge is 0.299 e. The Kier molecular flexibility index (Phi) is 4.93. The molecule has 0 saturated carbocycles. The fourth-order valence-corrected chi connectivity index (χ4v) is 3.88. The monoisotopic (exact) mass is 400 g/mol. The molecule has 30 heavy (non-hydrogen) atoms. The second kappa shape index (κ2) is 7.71. The minimum absolute atomic E-state index is 0.000782. The van der Waals surface area contributed by atoms with E-state index in [1.165, 1.54) is 12.1 Å². The number of carbonyl (C=O) groups is 1. The van der Waals surface area contributed by atoms with Crippen molar-refractivity contribution in [1.82, 2.24) is 0 Å². The summed E-state index contributed by atoms with van der Waals surface area (Å²) in [7, 11) is 0. The standard InChI is InChI=1S/C23H16N2O5/c26-19(13-17-9-1-5-15-7-3-11-20(22(15)17)24(27)28)14-18-10-2-6-16-8-4-12-21(23(16)18)25(29)30/h1-12H,13-14H2. The van der Waals surface area contributed by atoms with Crippen LogP contribution < -0.4 is 0 Å². The zero-order valence-electron chi connectivity index (χ0n) is 15.8. The number of Topliss-reactive ketones (excluding diaryl/α,β-unsaturated/α-hetero) is 1. The van der Waals surface area contributed by atoms with E-state index in [9.17, 15) is 25.0 Å². The SMILES string of the molecule is O=C(Cc1cccc2cccc([N+](=O)[O-])c12)Cc1cccc2cccc([N+](=O)[O-])c12. The molecule has 7 heteroatoms. The maximum atomic E-state index is 12.9. The van der Waals surface area contributed by atoms with Gasteiger partial charge >= 0.3 is 0 Å². The van der Waals surface area contributed by atoms with Crippen LogP contribution >= 0.6 is 0 Å². The highest BCUT2D eigenvalue weighted by Crippen LogP contribution is 2.31. The van der Waals surface area contributed by atoms with Crippen molar-refractivity contribution in [3.05, 3.63) is 104 Å². The van der Waals surface area contributed by atoms with Crippen LogP contribution in [0.15, 0.2) is 72.8 Å². The number of hydrogen-bond acceptors (Lipinski definition) is 5. The Morgan fingerprint density at radius 1 is 0.633 bits per heavy atom. The molecule has 4 aromatic rings. The van der Waals surface area contributed by atoms with Gasteiger partial charge in [-0.25, -0.2) is 0 Å². The summed E-state index contributed by atoms with van der Waals surface area (Å²) < 4.78 is 0. The number of nitrogens with zero attached hydrogens (tertiary/aromatic N) is 2. The third kappa shape index (κ3) is 3.48. The quantitative estimate of drug-likeness (QED) is 0.328. The van der Waals surface area contributed by atoms with Gasteiger partial charge in [0.25, 0.3) is 11.4 Å². The number of rotatable bonds is 6. The first kappa shape index (κ1) is 19.2. The molecule has 0 aromatic heterocycles. The first-order valence-corrected chi connectivity index (χ1v) is 9.27. The maximum Gasteiger partial charge on any atom is 0.277 e. The molecule has 0 amide bonds. The Morgan fingerprint density at radius 3 is 1.37 bits per heavy atom. The average molecular weight is 400 g/mol. The summed E-state index contributed by atoms with van der Waals surface area (Å²) in [6, 6.07) is 20.1. The van der Waals surface area contributed by atoms with Gasteiger partial charge in [-0.3, -0.25) is 25.0 Å². The van der Waals surface area contributed by atoms with Crippen molar-refractivity contribution < 1.29 is 14.6 Å². The van der Waals surface area contributed by atoms with Gasteiger partial charge < -0.3 is 0 Å². The van der Waals surface area contributed by atoms with Gasteiger partial charge in [-0.05, 0) is 21.9 Å².